The molecule has 2 N–H and O–H groups in total. The second-order valence-corrected chi connectivity index (χ2v) is 6.99. The van der Waals surface area contributed by atoms with E-state index in [2.05, 4.69) is 0 Å². The van der Waals surface area contributed by atoms with Crippen molar-refractivity contribution in [1.82, 2.24) is 4.90 Å². The minimum Gasteiger partial charge on any atom is -0.507 e. The first kappa shape index (κ1) is 19.6. The van der Waals surface area contributed by atoms with Crippen LogP contribution in [0.3, 0.4) is 0 Å². The van der Waals surface area contributed by atoms with Gasteiger partial charge in [-0.05, 0) is 36.8 Å². The number of halogens is 1. The number of hydrogen-bond donors (Lipinski definition) is 2. The van der Waals surface area contributed by atoms with Gasteiger partial charge in [-0.15, -0.1) is 0 Å². The molecule has 0 aliphatic carbocycles. The number of Topliss-reactive ketones (excluding diaryl/α,β-unsaturated/α-hetero) is 1. The number of nitrogens with zero attached hydrogens (tertiary/aromatic N) is 1. The smallest absolute Gasteiger partial charge is 0.305 e. The molecule has 0 aromatic heterocycles. The Morgan fingerprint density at radius 2 is 1.64 bits per heavy atom. The average Bonchev–Trinajstić information content (AvgIpc) is 2.91. The molecule has 1 heterocycles. The van der Waals surface area contributed by atoms with Crippen molar-refractivity contribution in [3.8, 4) is 0 Å². The number of aliphatic carboxylic acids is 1. The van der Waals surface area contributed by atoms with Crippen LogP contribution in [0.25, 0.3) is 5.76 Å². The van der Waals surface area contributed by atoms with E-state index in [1.54, 1.807) is 36.4 Å². The van der Waals surface area contributed by atoms with Crippen LogP contribution in [0.5, 0.6) is 0 Å². The number of benzene rings is 2. The molecule has 7 heteroatoms. The molecule has 1 aliphatic rings. The largest absolute Gasteiger partial charge is 0.507 e. The standard InChI is InChI=1S/C21H18ClNO5/c1-12-2-4-13(5-3-12)18-17(19(26)14-6-8-15(22)9-7-14)20(27)21(28)23(18)11-10-16(24)25/h2-9,18,26H,10-11H2,1H3,(H,24,25). The van der Waals surface area contributed by atoms with E-state index in [4.69, 9.17) is 16.7 Å². The predicted molar refractivity (Wildman–Crippen MR) is 104 cm³/mol. The molecule has 144 valence electrons. The number of hydrogen-bond acceptors (Lipinski definition) is 4. The summed E-state index contributed by atoms with van der Waals surface area (Å²) in [7, 11) is 0. The van der Waals surface area contributed by atoms with Gasteiger partial charge in [-0.1, -0.05) is 41.4 Å². The number of rotatable bonds is 5. The van der Waals surface area contributed by atoms with E-state index >= 15 is 0 Å². The lowest BCUT2D eigenvalue weighted by Gasteiger charge is -2.24. The third-order valence-corrected chi connectivity index (χ3v) is 4.87. The summed E-state index contributed by atoms with van der Waals surface area (Å²) in [5, 5.41) is 20.3. The Kier molecular flexibility index (Phi) is 5.51. The fourth-order valence-electron chi connectivity index (χ4n) is 3.19. The van der Waals surface area contributed by atoms with E-state index in [0.29, 0.717) is 16.1 Å². The number of likely N-dealkylation sites (tertiary alicyclic amines) is 1. The zero-order chi connectivity index (χ0) is 20.4. The van der Waals surface area contributed by atoms with Crippen molar-refractivity contribution in [2.75, 3.05) is 6.54 Å². The number of ketones is 1. The minimum absolute atomic E-state index is 0.0680. The summed E-state index contributed by atoms with van der Waals surface area (Å²) in [6.45, 7) is 1.76. The van der Waals surface area contributed by atoms with Gasteiger partial charge in [-0.3, -0.25) is 14.4 Å². The number of carboxylic acid groups (broad SMARTS) is 1. The Balaban J connectivity index is 2.14. The average molecular weight is 400 g/mol. The van der Waals surface area contributed by atoms with E-state index in [-0.39, 0.29) is 24.3 Å². The molecule has 1 atom stereocenters. The fraction of sp³-hybridized carbons (Fsp3) is 0.190. The van der Waals surface area contributed by atoms with Gasteiger partial charge >= 0.3 is 5.97 Å². The molecule has 3 rings (SSSR count). The first-order chi connectivity index (χ1) is 13.3. The Hall–Kier alpha value is -3.12. The lowest BCUT2D eigenvalue weighted by atomic mass is 9.94. The van der Waals surface area contributed by atoms with Crippen molar-refractivity contribution in [1.29, 1.82) is 0 Å². The third kappa shape index (κ3) is 3.77. The van der Waals surface area contributed by atoms with Gasteiger partial charge in [0.05, 0.1) is 18.0 Å². The molecule has 1 aliphatic heterocycles. The Morgan fingerprint density at radius 1 is 1.04 bits per heavy atom. The second kappa shape index (κ2) is 7.86. The van der Waals surface area contributed by atoms with Gasteiger partial charge in [0.25, 0.3) is 11.7 Å². The lowest BCUT2D eigenvalue weighted by Crippen LogP contribution is -2.31. The summed E-state index contributed by atoms with van der Waals surface area (Å²) in [6, 6.07) is 12.5. The number of amides is 1. The topological polar surface area (TPSA) is 94.9 Å². The van der Waals surface area contributed by atoms with Crippen LogP contribution in [0.4, 0.5) is 0 Å². The van der Waals surface area contributed by atoms with Gasteiger partial charge in [-0.25, -0.2) is 0 Å². The maximum Gasteiger partial charge on any atom is 0.305 e. The number of aryl methyl sites for hydroxylation is 1. The van der Waals surface area contributed by atoms with Crippen molar-refractivity contribution in [2.45, 2.75) is 19.4 Å². The Bertz CT molecular complexity index is 963. The maximum atomic E-state index is 12.7. The molecule has 6 nitrogen and oxygen atoms in total. The Labute approximate surface area is 166 Å². The molecule has 1 amide bonds. The molecular weight excluding hydrogens is 382 g/mol. The maximum absolute atomic E-state index is 12.7. The predicted octanol–water partition coefficient (Wildman–Crippen LogP) is 3.54. The highest BCUT2D eigenvalue weighted by molar-refractivity contribution is 6.46. The van der Waals surface area contributed by atoms with Gasteiger partial charge < -0.3 is 15.1 Å². The molecule has 0 spiro atoms. The number of carboxylic acids is 1. The SMILES string of the molecule is Cc1ccc(C2C(=C(O)c3ccc(Cl)cc3)C(=O)C(=O)N2CCC(=O)O)cc1. The zero-order valence-corrected chi connectivity index (χ0v) is 15.8. The molecule has 0 bridgehead atoms. The fourth-order valence-corrected chi connectivity index (χ4v) is 3.31. The van der Waals surface area contributed by atoms with Crippen molar-refractivity contribution in [3.63, 3.8) is 0 Å². The number of carbonyl (C=O) groups is 3. The molecule has 1 unspecified atom stereocenters. The van der Waals surface area contributed by atoms with E-state index in [9.17, 15) is 19.5 Å². The zero-order valence-electron chi connectivity index (χ0n) is 15.1. The van der Waals surface area contributed by atoms with Crippen LogP contribution in [0.2, 0.25) is 5.02 Å². The van der Waals surface area contributed by atoms with E-state index < -0.39 is 23.7 Å². The summed E-state index contributed by atoms with van der Waals surface area (Å²) in [5.41, 5.74) is 1.88. The van der Waals surface area contributed by atoms with Crippen LogP contribution < -0.4 is 0 Å². The molecule has 2 aromatic carbocycles. The highest BCUT2D eigenvalue weighted by Crippen LogP contribution is 2.39. The molecule has 2 aromatic rings. The summed E-state index contributed by atoms with van der Waals surface area (Å²) in [6.07, 6.45) is -0.309. The van der Waals surface area contributed by atoms with Crippen LogP contribution in [0.1, 0.15) is 29.2 Å². The third-order valence-electron chi connectivity index (χ3n) is 4.62. The normalized spacial score (nSPS) is 18.5. The van der Waals surface area contributed by atoms with E-state index in [0.717, 1.165) is 5.56 Å². The van der Waals surface area contributed by atoms with Gasteiger partial charge in [-0.2, -0.15) is 0 Å². The van der Waals surface area contributed by atoms with Gasteiger partial charge in [0.1, 0.15) is 5.76 Å². The van der Waals surface area contributed by atoms with Crippen molar-refractivity contribution in [3.05, 3.63) is 75.8 Å². The van der Waals surface area contributed by atoms with Crippen LogP contribution in [0, 0.1) is 6.92 Å². The molecular formula is C21H18ClNO5. The number of aliphatic hydroxyl groups excluding tert-OH is 1. The first-order valence-electron chi connectivity index (χ1n) is 8.62. The van der Waals surface area contributed by atoms with Gasteiger partial charge in [0, 0.05) is 17.1 Å². The highest BCUT2D eigenvalue weighted by Gasteiger charge is 2.45. The van der Waals surface area contributed by atoms with Crippen LogP contribution in [-0.4, -0.2) is 39.3 Å². The van der Waals surface area contributed by atoms with Crippen molar-refractivity contribution < 1.29 is 24.6 Å². The minimum atomic E-state index is -1.08. The van der Waals surface area contributed by atoms with Crippen molar-refractivity contribution >= 4 is 35.0 Å². The van der Waals surface area contributed by atoms with Crippen LogP contribution >= 0.6 is 11.6 Å². The molecule has 0 radical (unpaired) electrons. The summed E-state index contributed by atoms with van der Waals surface area (Å²) < 4.78 is 0. The second-order valence-electron chi connectivity index (χ2n) is 6.55. The van der Waals surface area contributed by atoms with Gasteiger partial charge in [0.15, 0.2) is 0 Å². The van der Waals surface area contributed by atoms with Crippen LogP contribution in [-0.2, 0) is 14.4 Å². The molecule has 1 fully saturated rings. The monoisotopic (exact) mass is 399 g/mol. The lowest BCUT2D eigenvalue weighted by molar-refractivity contribution is -0.142. The highest BCUT2D eigenvalue weighted by atomic mass is 35.5. The number of aliphatic hydroxyl groups is 1. The molecule has 28 heavy (non-hydrogen) atoms. The molecule has 0 saturated carbocycles. The summed E-state index contributed by atoms with van der Waals surface area (Å²) in [5.74, 6) is -3.08. The Morgan fingerprint density at radius 3 is 2.21 bits per heavy atom. The van der Waals surface area contributed by atoms with Crippen molar-refractivity contribution in [2.24, 2.45) is 0 Å². The van der Waals surface area contributed by atoms with E-state index in [1.807, 2.05) is 19.1 Å². The first-order valence-corrected chi connectivity index (χ1v) is 9.00. The number of carbonyl (C=O) groups excluding carboxylic acids is 2. The summed E-state index contributed by atoms with van der Waals surface area (Å²) >= 11 is 5.88. The van der Waals surface area contributed by atoms with Gasteiger partial charge in [0.2, 0.25) is 0 Å². The molecule has 1 saturated heterocycles. The van der Waals surface area contributed by atoms with Crippen LogP contribution in [0.15, 0.2) is 54.1 Å². The quantitative estimate of drug-likeness (QED) is 0.455. The van der Waals surface area contributed by atoms with E-state index in [1.165, 1.54) is 4.90 Å². The summed E-state index contributed by atoms with van der Waals surface area (Å²) in [4.78, 5) is 37.5.